The van der Waals surface area contributed by atoms with Gasteiger partial charge in [0, 0.05) is 13.7 Å². The average molecular weight is 410 g/mol. The van der Waals surface area contributed by atoms with Crippen LogP contribution in [-0.2, 0) is 18.3 Å². The van der Waals surface area contributed by atoms with E-state index < -0.39 is 5.69 Å². The van der Waals surface area contributed by atoms with Crippen molar-refractivity contribution in [2.75, 3.05) is 24.8 Å². The minimum atomic E-state index is -0.391. The second-order valence-corrected chi connectivity index (χ2v) is 7.41. The molecule has 9 nitrogen and oxygen atoms in total. The molecule has 3 heterocycles. The average Bonchev–Trinajstić information content (AvgIpc) is 3.15. The van der Waals surface area contributed by atoms with Crippen molar-refractivity contribution in [3.05, 3.63) is 56.7 Å². The molecule has 0 saturated carbocycles. The highest BCUT2D eigenvalue weighted by molar-refractivity contribution is 5.91. The van der Waals surface area contributed by atoms with Gasteiger partial charge in [0.25, 0.3) is 5.56 Å². The van der Waals surface area contributed by atoms with Crippen LogP contribution in [0.2, 0.25) is 0 Å². The predicted octanol–water partition coefficient (Wildman–Crippen LogP) is 1.74. The van der Waals surface area contributed by atoms with Gasteiger partial charge in [-0.3, -0.25) is 18.5 Å². The lowest BCUT2D eigenvalue weighted by molar-refractivity contribution is 0.153. The zero-order chi connectivity index (χ0) is 21.4. The number of ether oxygens (including phenoxy) is 1. The number of anilines is 1. The third-order valence-electron chi connectivity index (χ3n) is 5.49. The normalized spacial score (nSPS) is 16.1. The molecule has 0 radical (unpaired) electrons. The molecule has 30 heavy (non-hydrogen) atoms. The maximum absolute atomic E-state index is 13.5. The molecule has 1 unspecified atom stereocenters. The van der Waals surface area contributed by atoms with Crippen LogP contribution in [0.25, 0.3) is 11.2 Å². The quantitative estimate of drug-likeness (QED) is 0.578. The van der Waals surface area contributed by atoms with Gasteiger partial charge < -0.3 is 4.74 Å². The first-order chi connectivity index (χ1) is 14.4. The van der Waals surface area contributed by atoms with Crippen molar-refractivity contribution < 1.29 is 4.74 Å². The third-order valence-corrected chi connectivity index (χ3v) is 5.49. The standard InChI is InChI=1S/C21H26N6O3/c1-5-30-12-11-26-20-22-18-17(27(20)15(3)14(2)23-26)19(28)25(21(29)24(18)4)13-16-9-7-6-8-10-16/h6-10,15H,5,11-13H2,1-4H3. The van der Waals surface area contributed by atoms with E-state index in [0.717, 1.165) is 11.3 Å². The zero-order valence-corrected chi connectivity index (χ0v) is 17.7. The maximum Gasteiger partial charge on any atom is 0.332 e. The molecular formula is C21H26N6O3. The summed E-state index contributed by atoms with van der Waals surface area (Å²) in [5.41, 5.74) is 1.79. The van der Waals surface area contributed by atoms with Crippen molar-refractivity contribution >= 4 is 22.8 Å². The summed E-state index contributed by atoms with van der Waals surface area (Å²) in [6.45, 7) is 7.66. The highest BCUT2D eigenvalue weighted by atomic mass is 16.5. The van der Waals surface area contributed by atoms with Gasteiger partial charge in [-0.15, -0.1) is 0 Å². The Hall–Kier alpha value is -3.20. The van der Waals surface area contributed by atoms with Crippen LogP contribution in [0.1, 0.15) is 32.4 Å². The lowest BCUT2D eigenvalue weighted by atomic mass is 10.2. The molecule has 3 aromatic rings. The molecule has 0 fully saturated rings. The Bertz CT molecular complexity index is 1220. The van der Waals surface area contributed by atoms with Gasteiger partial charge in [0.05, 0.1) is 31.4 Å². The monoisotopic (exact) mass is 410 g/mol. The number of hydrogen-bond donors (Lipinski definition) is 0. The topological polar surface area (TPSA) is 86.7 Å². The molecule has 1 aliphatic heterocycles. The van der Waals surface area contributed by atoms with Gasteiger partial charge in [0.15, 0.2) is 11.2 Å². The lowest BCUT2D eigenvalue weighted by Crippen LogP contribution is -2.40. The summed E-state index contributed by atoms with van der Waals surface area (Å²) in [6.07, 6.45) is 0. The van der Waals surface area contributed by atoms with Gasteiger partial charge >= 0.3 is 5.69 Å². The maximum atomic E-state index is 13.5. The summed E-state index contributed by atoms with van der Waals surface area (Å²) in [7, 11) is 1.65. The first-order valence-corrected chi connectivity index (χ1v) is 10.1. The largest absolute Gasteiger partial charge is 0.380 e. The highest BCUT2D eigenvalue weighted by Gasteiger charge is 2.30. The van der Waals surface area contributed by atoms with E-state index >= 15 is 0 Å². The Morgan fingerprint density at radius 1 is 1.17 bits per heavy atom. The van der Waals surface area contributed by atoms with E-state index in [-0.39, 0.29) is 18.1 Å². The molecule has 9 heteroatoms. The van der Waals surface area contributed by atoms with Crippen LogP contribution in [0.3, 0.4) is 0 Å². The minimum absolute atomic E-state index is 0.149. The van der Waals surface area contributed by atoms with Crippen molar-refractivity contribution in [2.45, 2.75) is 33.4 Å². The van der Waals surface area contributed by atoms with Crippen molar-refractivity contribution in [1.29, 1.82) is 0 Å². The van der Waals surface area contributed by atoms with E-state index in [1.807, 2.05) is 55.7 Å². The number of imidazole rings is 1. The Kier molecular flexibility index (Phi) is 5.29. The molecule has 4 rings (SSSR count). The zero-order valence-electron chi connectivity index (χ0n) is 17.7. The van der Waals surface area contributed by atoms with E-state index in [4.69, 9.17) is 4.74 Å². The second-order valence-electron chi connectivity index (χ2n) is 7.41. The number of aromatic nitrogens is 4. The van der Waals surface area contributed by atoms with Crippen LogP contribution in [0.15, 0.2) is 45.0 Å². The third kappa shape index (κ3) is 3.24. The molecular weight excluding hydrogens is 384 g/mol. The summed E-state index contributed by atoms with van der Waals surface area (Å²) in [5, 5.41) is 6.38. The molecule has 2 aromatic heterocycles. The highest BCUT2D eigenvalue weighted by Crippen LogP contribution is 2.29. The smallest absolute Gasteiger partial charge is 0.332 e. The summed E-state index contributed by atoms with van der Waals surface area (Å²) in [5.74, 6) is 0.548. The van der Waals surface area contributed by atoms with Crippen LogP contribution in [0.4, 0.5) is 5.95 Å². The van der Waals surface area contributed by atoms with Crippen LogP contribution in [-0.4, -0.2) is 44.2 Å². The first kappa shape index (κ1) is 20.1. The van der Waals surface area contributed by atoms with Crippen LogP contribution in [0.5, 0.6) is 0 Å². The summed E-state index contributed by atoms with van der Waals surface area (Å²) < 4.78 is 10.1. The molecule has 158 valence electrons. The fraction of sp³-hybridized carbons (Fsp3) is 0.429. The van der Waals surface area contributed by atoms with Crippen molar-refractivity contribution in [3.8, 4) is 0 Å². The van der Waals surface area contributed by atoms with E-state index in [1.165, 1.54) is 9.13 Å². The summed E-state index contributed by atoms with van der Waals surface area (Å²) >= 11 is 0. The summed E-state index contributed by atoms with van der Waals surface area (Å²) in [6, 6.07) is 9.34. The number of rotatable bonds is 6. The van der Waals surface area contributed by atoms with E-state index in [2.05, 4.69) is 10.1 Å². The Morgan fingerprint density at radius 2 is 1.90 bits per heavy atom. The fourth-order valence-corrected chi connectivity index (χ4v) is 3.73. The molecule has 1 aromatic carbocycles. The van der Waals surface area contributed by atoms with E-state index in [9.17, 15) is 9.59 Å². The second kappa shape index (κ2) is 7.91. The predicted molar refractivity (Wildman–Crippen MR) is 116 cm³/mol. The Morgan fingerprint density at radius 3 is 2.60 bits per heavy atom. The van der Waals surface area contributed by atoms with Gasteiger partial charge in [0.2, 0.25) is 5.95 Å². The Labute approximate surface area is 173 Å². The van der Waals surface area contributed by atoms with Crippen molar-refractivity contribution in [2.24, 2.45) is 12.1 Å². The first-order valence-electron chi connectivity index (χ1n) is 10.1. The number of nitrogens with zero attached hydrogens (tertiary/aromatic N) is 6. The number of hydrazone groups is 1. The molecule has 1 atom stereocenters. The Balaban J connectivity index is 1.91. The molecule has 0 N–H and O–H groups in total. The van der Waals surface area contributed by atoms with Crippen LogP contribution in [0, 0.1) is 0 Å². The number of aryl methyl sites for hydroxylation is 1. The summed E-state index contributed by atoms with van der Waals surface area (Å²) in [4.78, 5) is 31.1. The van der Waals surface area contributed by atoms with Crippen molar-refractivity contribution in [3.63, 3.8) is 0 Å². The van der Waals surface area contributed by atoms with Gasteiger partial charge in [-0.1, -0.05) is 30.3 Å². The number of fused-ring (bicyclic) bond motifs is 3. The molecule has 1 aliphatic rings. The minimum Gasteiger partial charge on any atom is -0.380 e. The van der Waals surface area contributed by atoms with Gasteiger partial charge in [-0.2, -0.15) is 10.1 Å². The molecule has 0 bridgehead atoms. The fourth-order valence-electron chi connectivity index (χ4n) is 3.73. The lowest BCUT2D eigenvalue weighted by Gasteiger charge is -2.29. The van der Waals surface area contributed by atoms with Gasteiger partial charge in [-0.25, -0.2) is 9.80 Å². The van der Waals surface area contributed by atoms with Crippen LogP contribution >= 0.6 is 0 Å². The van der Waals surface area contributed by atoms with Crippen LogP contribution < -0.4 is 16.3 Å². The van der Waals surface area contributed by atoms with E-state index in [1.54, 1.807) is 12.1 Å². The molecule has 0 aliphatic carbocycles. The van der Waals surface area contributed by atoms with Crippen molar-refractivity contribution in [1.82, 2.24) is 18.7 Å². The van der Waals surface area contributed by atoms with Gasteiger partial charge in [-0.05, 0) is 26.3 Å². The molecule has 0 amide bonds. The van der Waals surface area contributed by atoms with E-state index in [0.29, 0.717) is 36.9 Å². The molecule has 0 saturated heterocycles. The number of hydrogen-bond acceptors (Lipinski definition) is 6. The SMILES string of the molecule is CCOCCN1N=C(C)C(C)n2c1nc1c2c(=O)n(Cc2ccccc2)c(=O)n1C. The number of benzene rings is 1. The van der Waals surface area contributed by atoms with Gasteiger partial charge in [0.1, 0.15) is 0 Å². The molecule has 0 spiro atoms.